The van der Waals surface area contributed by atoms with Crippen LogP contribution in [-0.4, -0.2) is 53.8 Å². The Hall–Kier alpha value is -1.92. The first-order valence-electron chi connectivity index (χ1n) is 9.76. The van der Waals surface area contributed by atoms with Crippen molar-refractivity contribution in [3.63, 3.8) is 0 Å². The maximum atomic E-state index is 13.0. The summed E-state index contributed by atoms with van der Waals surface area (Å²) < 4.78 is 0. The minimum atomic E-state index is -0.389. The number of halogens is 2. The fourth-order valence-corrected chi connectivity index (χ4v) is 4.28. The molecule has 2 amide bonds. The van der Waals surface area contributed by atoms with Gasteiger partial charge in [-0.25, -0.2) is 4.90 Å². The lowest BCUT2D eigenvalue weighted by Gasteiger charge is -2.37. The lowest BCUT2D eigenvalue weighted by atomic mass is 10.1. The van der Waals surface area contributed by atoms with Gasteiger partial charge in [0.2, 0.25) is 5.91 Å². The van der Waals surface area contributed by atoms with Crippen LogP contribution in [0.1, 0.15) is 17.5 Å². The van der Waals surface area contributed by atoms with E-state index in [9.17, 15) is 9.59 Å². The lowest BCUT2D eigenvalue weighted by Crippen LogP contribution is -2.52. The topological polar surface area (TPSA) is 43.9 Å². The van der Waals surface area contributed by atoms with Gasteiger partial charge in [0.05, 0.1) is 18.2 Å². The molecule has 0 aromatic heterocycles. The summed E-state index contributed by atoms with van der Waals surface area (Å²) in [6.07, 6.45) is 0.224. The molecule has 152 valence electrons. The summed E-state index contributed by atoms with van der Waals surface area (Å²) >= 11 is 12.1. The number of aryl methyl sites for hydroxylation is 1. The van der Waals surface area contributed by atoms with Crippen molar-refractivity contribution in [3.8, 4) is 0 Å². The van der Waals surface area contributed by atoms with Gasteiger partial charge in [0.15, 0.2) is 0 Å². The molecule has 29 heavy (non-hydrogen) atoms. The van der Waals surface area contributed by atoms with Crippen molar-refractivity contribution in [3.05, 3.63) is 63.6 Å². The summed E-state index contributed by atoms with van der Waals surface area (Å²) in [6.45, 7) is 6.00. The van der Waals surface area contributed by atoms with Gasteiger partial charge in [-0.05, 0) is 42.3 Å². The molecule has 1 unspecified atom stereocenters. The second-order valence-electron chi connectivity index (χ2n) is 7.66. The quantitative estimate of drug-likeness (QED) is 0.691. The van der Waals surface area contributed by atoms with E-state index < -0.39 is 0 Å². The fraction of sp³-hybridized carbons (Fsp3) is 0.364. The van der Waals surface area contributed by atoms with Gasteiger partial charge in [-0.2, -0.15) is 0 Å². The average molecular weight is 432 g/mol. The first-order chi connectivity index (χ1) is 13.9. The molecule has 0 saturated carbocycles. The normalized spacial score (nSPS) is 21.2. The summed E-state index contributed by atoms with van der Waals surface area (Å²) in [5, 5.41) is 1.30. The number of amides is 2. The van der Waals surface area contributed by atoms with Crippen LogP contribution >= 0.6 is 23.2 Å². The van der Waals surface area contributed by atoms with E-state index in [2.05, 4.69) is 9.80 Å². The molecule has 0 bridgehead atoms. The van der Waals surface area contributed by atoms with Crippen LogP contribution in [-0.2, 0) is 16.1 Å². The molecule has 0 radical (unpaired) electrons. The first kappa shape index (κ1) is 20.4. The van der Waals surface area contributed by atoms with Crippen molar-refractivity contribution < 1.29 is 9.59 Å². The summed E-state index contributed by atoms with van der Waals surface area (Å²) in [5.41, 5.74) is 2.69. The van der Waals surface area contributed by atoms with Gasteiger partial charge >= 0.3 is 0 Å². The highest BCUT2D eigenvalue weighted by Gasteiger charge is 2.43. The molecular formula is C22H23Cl2N3O2. The monoisotopic (exact) mass is 431 g/mol. The van der Waals surface area contributed by atoms with Crippen molar-refractivity contribution in [1.29, 1.82) is 0 Å². The number of piperazine rings is 1. The largest absolute Gasteiger partial charge is 0.297 e. The number of hydrogen-bond acceptors (Lipinski definition) is 4. The molecule has 0 aliphatic carbocycles. The zero-order valence-corrected chi connectivity index (χ0v) is 17.8. The van der Waals surface area contributed by atoms with E-state index in [-0.39, 0.29) is 24.3 Å². The second kappa shape index (κ2) is 8.44. The van der Waals surface area contributed by atoms with Crippen LogP contribution in [0.3, 0.4) is 0 Å². The van der Waals surface area contributed by atoms with Gasteiger partial charge in [0.1, 0.15) is 0 Å². The van der Waals surface area contributed by atoms with Gasteiger partial charge < -0.3 is 0 Å². The van der Waals surface area contributed by atoms with Gasteiger partial charge in [0.25, 0.3) is 5.91 Å². The maximum Gasteiger partial charge on any atom is 0.251 e. The Morgan fingerprint density at radius 1 is 0.966 bits per heavy atom. The van der Waals surface area contributed by atoms with Crippen molar-refractivity contribution in [2.75, 3.05) is 31.1 Å². The third-order valence-electron chi connectivity index (χ3n) is 5.70. The van der Waals surface area contributed by atoms with Crippen LogP contribution in [0.15, 0.2) is 42.5 Å². The van der Waals surface area contributed by atoms with Gasteiger partial charge in [-0.3, -0.25) is 19.4 Å². The molecule has 2 aliphatic rings. The van der Waals surface area contributed by atoms with Crippen molar-refractivity contribution in [2.45, 2.75) is 25.9 Å². The fourth-order valence-electron chi connectivity index (χ4n) is 3.97. The van der Waals surface area contributed by atoms with Crippen LogP contribution in [0, 0.1) is 6.92 Å². The minimum absolute atomic E-state index is 0.152. The van der Waals surface area contributed by atoms with Crippen molar-refractivity contribution in [1.82, 2.24) is 9.80 Å². The molecule has 2 fully saturated rings. The van der Waals surface area contributed by atoms with Gasteiger partial charge in [0, 0.05) is 42.8 Å². The highest BCUT2D eigenvalue weighted by Crippen LogP contribution is 2.29. The van der Waals surface area contributed by atoms with Crippen LogP contribution in [0.4, 0.5) is 5.69 Å². The number of imide groups is 1. The van der Waals surface area contributed by atoms with E-state index in [1.807, 2.05) is 37.3 Å². The number of hydrogen-bond donors (Lipinski definition) is 0. The van der Waals surface area contributed by atoms with Gasteiger partial charge in [-0.1, -0.05) is 41.4 Å². The van der Waals surface area contributed by atoms with Crippen LogP contribution in [0.5, 0.6) is 0 Å². The number of anilines is 1. The molecule has 2 aliphatic heterocycles. The van der Waals surface area contributed by atoms with E-state index in [0.29, 0.717) is 10.7 Å². The van der Waals surface area contributed by atoms with E-state index in [1.165, 1.54) is 10.5 Å². The molecule has 2 heterocycles. The molecule has 1 atom stereocenters. The SMILES string of the molecule is Cc1ccc(N2C(=O)CC(N3CCN(Cc4ccc(Cl)cc4)CC3)C2=O)cc1Cl. The van der Waals surface area contributed by atoms with Crippen LogP contribution < -0.4 is 4.90 Å². The molecule has 2 aromatic carbocycles. The van der Waals surface area contributed by atoms with Crippen LogP contribution in [0.25, 0.3) is 0 Å². The molecule has 0 N–H and O–H groups in total. The van der Waals surface area contributed by atoms with E-state index in [4.69, 9.17) is 23.2 Å². The molecule has 0 spiro atoms. The third-order valence-corrected chi connectivity index (χ3v) is 6.36. The standard InChI is InChI=1S/C22H23Cl2N3O2/c1-15-2-7-18(12-19(15)24)27-21(28)13-20(22(27)29)26-10-8-25(9-11-26)14-16-3-5-17(23)6-4-16/h2-7,12,20H,8-11,13-14H2,1H3. The summed E-state index contributed by atoms with van der Waals surface area (Å²) in [6, 6.07) is 12.8. The molecule has 2 aromatic rings. The number of carbonyl (C=O) groups is 2. The third kappa shape index (κ3) is 4.33. The molecule has 4 rings (SSSR count). The number of benzene rings is 2. The van der Waals surface area contributed by atoms with Crippen LogP contribution in [0.2, 0.25) is 10.0 Å². The Morgan fingerprint density at radius 2 is 1.66 bits per heavy atom. The Labute approximate surface area is 180 Å². The Morgan fingerprint density at radius 3 is 2.31 bits per heavy atom. The van der Waals surface area contributed by atoms with E-state index >= 15 is 0 Å². The van der Waals surface area contributed by atoms with Gasteiger partial charge in [-0.15, -0.1) is 0 Å². The van der Waals surface area contributed by atoms with E-state index in [0.717, 1.165) is 43.3 Å². The lowest BCUT2D eigenvalue weighted by molar-refractivity contribution is -0.123. The van der Waals surface area contributed by atoms with E-state index in [1.54, 1.807) is 12.1 Å². The summed E-state index contributed by atoms with van der Waals surface area (Å²) in [5.74, 6) is -0.315. The highest BCUT2D eigenvalue weighted by molar-refractivity contribution is 6.32. The zero-order chi connectivity index (χ0) is 20.5. The minimum Gasteiger partial charge on any atom is -0.297 e. The van der Waals surface area contributed by atoms with Crippen molar-refractivity contribution >= 4 is 40.7 Å². The first-order valence-corrected chi connectivity index (χ1v) is 10.5. The Balaban J connectivity index is 1.38. The zero-order valence-electron chi connectivity index (χ0n) is 16.3. The highest BCUT2D eigenvalue weighted by atomic mass is 35.5. The smallest absolute Gasteiger partial charge is 0.251 e. The average Bonchev–Trinajstić information content (AvgIpc) is 3.01. The predicted molar refractivity (Wildman–Crippen MR) is 115 cm³/mol. The summed E-state index contributed by atoms with van der Waals surface area (Å²) in [7, 11) is 0. The number of carbonyl (C=O) groups excluding carboxylic acids is 2. The second-order valence-corrected chi connectivity index (χ2v) is 8.50. The molecule has 5 nitrogen and oxygen atoms in total. The predicted octanol–water partition coefficient (Wildman–Crippen LogP) is 3.75. The molecule has 7 heteroatoms. The Bertz CT molecular complexity index is 924. The molecule has 2 saturated heterocycles. The Kier molecular flexibility index (Phi) is 5.93. The van der Waals surface area contributed by atoms with Crippen molar-refractivity contribution in [2.24, 2.45) is 0 Å². The maximum absolute atomic E-state index is 13.0. The number of rotatable bonds is 4. The number of nitrogens with zero attached hydrogens (tertiary/aromatic N) is 3. The summed E-state index contributed by atoms with van der Waals surface area (Å²) in [4.78, 5) is 31.4. The molecular weight excluding hydrogens is 409 g/mol.